The quantitative estimate of drug-likeness (QED) is 0.920. The Morgan fingerprint density at radius 3 is 2.62 bits per heavy atom. The topological polar surface area (TPSA) is 18.5 Å². The minimum atomic E-state index is 0.680. The van der Waals surface area contributed by atoms with Crippen molar-refractivity contribution in [2.75, 3.05) is 32.7 Å². The minimum Gasteiger partial charge on any atom is -0.317 e. The van der Waals surface area contributed by atoms with Crippen molar-refractivity contribution in [3.8, 4) is 0 Å². The van der Waals surface area contributed by atoms with Crippen LogP contribution in [-0.2, 0) is 6.54 Å². The summed E-state index contributed by atoms with van der Waals surface area (Å²) >= 11 is 0. The number of nitrogens with zero attached hydrogens (tertiary/aromatic N) is 2. The molecule has 3 heteroatoms. The average Bonchev–Trinajstić information content (AvgIpc) is 2.70. The highest BCUT2D eigenvalue weighted by atomic mass is 15.3. The number of rotatable bonds is 3. The van der Waals surface area contributed by atoms with Crippen LogP contribution in [-0.4, -0.2) is 54.6 Å². The first kappa shape index (κ1) is 15.0. The van der Waals surface area contributed by atoms with Crippen LogP contribution in [0.1, 0.15) is 31.7 Å². The van der Waals surface area contributed by atoms with Gasteiger partial charge in [-0.3, -0.25) is 9.80 Å². The lowest BCUT2D eigenvalue weighted by atomic mass is 10.0. The van der Waals surface area contributed by atoms with Gasteiger partial charge in [-0.05, 0) is 57.9 Å². The van der Waals surface area contributed by atoms with Gasteiger partial charge >= 0.3 is 0 Å². The molecule has 3 nitrogen and oxygen atoms in total. The van der Waals surface area contributed by atoms with Crippen LogP contribution in [0.5, 0.6) is 0 Å². The molecule has 0 aromatic heterocycles. The molecule has 1 aromatic rings. The van der Waals surface area contributed by atoms with Gasteiger partial charge in [-0.25, -0.2) is 0 Å². The van der Waals surface area contributed by atoms with Gasteiger partial charge in [0, 0.05) is 25.2 Å². The largest absolute Gasteiger partial charge is 0.317 e. The predicted octanol–water partition coefficient (Wildman–Crippen LogP) is 2.33. The molecule has 0 saturated carbocycles. The van der Waals surface area contributed by atoms with E-state index in [9.17, 15) is 0 Å². The maximum Gasteiger partial charge on any atom is 0.0234 e. The van der Waals surface area contributed by atoms with E-state index in [1.807, 2.05) is 0 Å². The lowest BCUT2D eigenvalue weighted by molar-refractivity contribution is 0.113. The van der Waals surface area contributed by atoms with Gasteiger partial charge < -0.3 is 5.32 Å². The van der Waals surface area contributed by atoms with Crippen molar-refractivity contribution in [3.63, 3.8) is 0 Å². The zero-order chi connectivity index (χ0) is 14.5. The Balaban J connectivity index is 1.58. The van der Waals surface area contributed by atoms with Crippen LogP contribution in [0.2, 0.25) is 0 Å². The van der Waals surface area contributed by atoms with E-state index in [-0.39, 0.29) is 0 Å². The van der Waals surface area contributed by atoms with E-state index in [0.29, 0.717) is 6.04 Å². The van der Waals surface area contributed by atoms with Gasteiger partial charge in [0.1, 0.15) is 0 Å². The Morgan fingerprint density at radius 2 is 1.86 bits per heavy atom. The monoisotopic (exact) mass is 287 g/mol. The van der Waals surface area contributed by atoms with E-state index < -0.39 is 0 Å². The normalized spacial score (nSPS) is 26.6. The first-order chi connectivity index (χ1) is 10.3. The van der Waals surface area contributed by atoms with Gasteiger partial charge in [0.25, 0.3) is 0 Å². The standard InChI is InChI=1S/C18H29N3/c1-16-14-20(15-17-6-3-2-4-7-17)12-5-13-21(16)18-8-10-19-11-9-18/h2-4,6-7,16,18-19H,5,8-15H2,1H3. The SMILES string of the molecule is CC1CN(Cc2ccccc2)CCCN1C1CCNCC1. The second kappa shape index (κ2) is 7.39. The summed E-state index contributed by atoms with van der Waals surface area (Å²) < 4.78 is 0. The van der Waals surface area contributed by atoms with Crippen LogP contribution in [0, 0.1) is 0 Å². The molecule has 0 amide bonds. The molecule has 21 heavy (non-hydrogen) atoms. The van der Waals surface area contributed by atoms with Gasteiger partial charge in [0.2, 0.25) is 0 Å². The number of piperidine rings is 1. The molecule has 0 spiro atoms. The molecule has 1 aromatic carbocycles. The molecule has 1 unspecified atom stereocenters. The first-order valence-electron chi connectivity index (χ1n) is 8.55. The Hall–Kier alpha value is -0.900. The molecule has 0 bridgehead atoms. The Labute approximate surface area is 129 Å². The lowest BCUT2D eigenvalue weighted by Gasteiger charge is -2.38. The molecule has 116 valence electrons. The first-order valence-corrected chi connectivity index (χ1v) is 8.55. The van der Waals surface area contributed by atoms with Crippen LogP contribution in [0.4, 0.5) is 0 Å². The summed E-state index contributed by atoms with van der Waals surface area (Å²) in [6.45, 7) is 9.64. The zero-order valence-electron chi connectivity index (χ0n) is 13.3. The van der Waals surface area contributed by atoms with Crippen molar-refractivity contribution in [2.45, 2.75) is 44.8 Å². The summed E-state index contributed by atoms with van der Waals surface area (Å²) in [4.78, 5) is 5.42. The average molecular weight is 287 g/mol. The second-order valence-electron chi connectivity index (χ2n) is 6.64. The summed E-state index contributed by atoms with van der Waals surface area (Å²) in [6.07, 6.45) is 3.95. The van der Waals surface area contributed by atoms with Gasteiger partial charge in [0.05, 0.1) is 0 Å². The Kier molecular flexibility index (Phi) is 5.28. The van der Waals surface area contributed by atoms with Crippen molar-refractivity contribution < 1.29 is 0 Å². The van der Waals surface area contributed by atoms with E-state index in [1.54, 1.807) is 0 Å². The third-order valence-electron chi connectivity index (χ3n) is 5.01. The third kappa shape index (κ3) is 4.06. The summed E-state index contributed by atoms with van der Waals surface area (Å²) in [6, 6.07) is 12.4. The predicted molar refractivity (Wildman–Crippen MR) is 88.4 cm³/mol. The van der Waals surface area contributed by atoms with Crippen LogP contribution in [0.15, 0.2) is 30.3 Å². The van der Waals surface area contributed by atoms with Crippen LogP contribution < -0.4 is 5.32 Å². The number of benzene rings is 1. The van der Waals surface area contributed by atoms with Gasteiger partial charge in [-0.1, -0.05) is 30.3 Å². The van der Waals surface area contributed by atoms with E-state index in [4.69, 9.17) is 0 Å². The number of hydrogen-bond donors (Lipinski definition) is 1. The lowest BCUT2D eigenvalue weighted by Crippen LogP contribution is -2.49. The third-order valence-corrected chi connectivity index (χ3v) is 5.01. The molecule has 1 atom stereocenters. The van der Waals surface area contributed by atoms with Crippen LogP contribution in [0.3, 0.4) is 0 Å². The van der Waals surface area contributed by atoms with E-state index in [2.05, 4.69) is 52.4 Å². The Bertz CT molecular complexity index is 414. The molecule has 0 aliphatic carbocycles. The zero-order valence-corrected chi connectivity index (χ0v) is 13.3. The molecule has 3 rings (SSSR count). The number of nitrogens with one attached hydrogen (secondary N) is 1. The summed E-state index contributed by atoms with van der Waals surface area (Å²) in [5.41, 5.74) is 1.44. The summed E-state index contributed by atoms with van der Waals surface area (Å²) in [5, 5.41) is 3.49. The van der Waals surface area contributed by atoms with E-state index in [1.165, 1.54) is 57.5 Å². The highest BCUT2D eigenvalue weighted by Crippen LogP contribution is 2.20. The fraction of sp³-hybridized carbons (Fsp3) is 0.667. The summed E-state index contributed by atoms with van der Waals surface area (Å²) in [7, 11) is 0. The van der Waals surface area contributed by atoms with Crippen molar-refractivity contribution >= 4 is 0 Å². The van der Waals surface area contributed by atoms with Crippen molar-refractivity contribution in [1.82, 2.24) is 15.1 Å². The number of hydrogen-bond acceptors (Lipinski definition) is 3. The van der Waals surface area contributed by atoms with Crippen molar-refractivity contribution in [2.24, 2.45) is 0 Å². The molecule has 2 fully saturated rings. The van der Waals surface area contributed by atoms with Crippen LogP contribution >= 0.6 is 0 Å². The highest BCUT2D eigenvalue weighted by molar-refractivity contribution is 5.14. The second-order valence-corrected chi connectivity index (χ2v) is 6.64. The molecule has 0 radical (unpaired) electrons. The molecule has 2 aliphatic heterocycles. The Morgan fingerprint density at radius 1 is 1.10 bits per heavy atom. The van der Waals surface area contributed by atoms with E-state index >= 15 is 0 Å². The fourth-order valence-electron chi connectivity index (χ4n) is 3.93. The molecular weight excluding hydrogens is 258 g/mol. The minimum absolute atomic E-state index is 0.680. The maximum atomic E-state index is 3.49. The van der Waals surface area contributed by atoms with Gasteiger partial charge in [-0.2, -0.15) is 0 Å². The van der Waals surface area contributed by atoms with Crippen LogP contribution in [0.25, 0.3) is 0 Å². The molecular formula is C18H29N3. The smallest absolute Gasteiger partial charge is 0.0234 e. The van der Waals surface area contributed by atoms with Gasteiger partial charge in [0.15, 0.2) is 0 Å². The molecule has 1 N–H and O–H groups in total. The van der Waals surface area contributed by atoms with Crippen molar-refractivity contribution in [1.29, 1.82) is 0 Å². The maximum absolute atomic E-state index is 3.49. The molecule has 2 heterocycles. The van der Waals surface area contributed by atoms with E-state index in [0.717, 1.165) is 12.6 Å². The molecule has 2 saturated heterocycles. The van der Waals surface area contributed by atoms with Gasteiger partial charge in [-0.15, -0.1) is 0 Å². The summed E-state index contributed by atoms with van der Waals surface area (Å²) in [5.74, 6) is 0. The highest BCUT2D eigenvalue weighted by Gasteiger charge is 2.28. The molecule has 2 aliphatic rings. The fourth-order valence-corrected chi connectivity index (χ4v) is 3.93. The van der Waals surface area contributed by atoms with Crippen molar-refractivity contribution in [3.05, 3.63) is 35.9 Å².